The van der Waals surface area contributed by atoms with Gasteiger partial charge in [0.2, 0.25) is 0 Å². The number of ether oxygens (including phenoxy) is 2. The maximum Gasteiger partial charge on any atom is 0.337 e. The fourth-order valence-corrected chi connectivity index (χ4v) is 3.29. The highest BCUT2D eigenvalue weighted by atomic mass is 16.5. The number of hydrogen-bond acceptors (Lipinski definition) is 6. The quantitative estimate of drug-likeness (QED) is 0.792. The van der Waals surface area contributed by atoms with Crippen molar-refractivity contribution in [1.29, 1.82) is 0 Å². The number of hydrogen-bond donors (Lipinski definition) is 1. The summed E-state index contributed by atoms with van der Waals surface area (Å²) >= 11 is 0. The van der Waals surface area contributed by atoms with E-state index in [4.69, 9.17) is 9.47 Å². The number of aromatic nitrogens is 3. The van der Waals surface area contributed by atoms with Crippen LogP contribution in [-0.4, -0.2) is 51.4 Å². The zero-order valence-corrected chi connectivity index (χ0v) is 16.5. The molecule has 1 saturated heterocycles. The molecule has 1 aliphatic heterocycles. The van der Waals surface area contributed by atoms with Crippen molar-refractivity contribution in [2.24, 2.45) is 7.05 Å². The molecule has 2 amide bonds. The van der Waals surface area contributed by atoms with Gasteiger partial charge < -0.3 is 24.3 Å². The van der Waals surface area contributed by atoms with Crippen LogP contribution in [0.3, 0.4) is 0 Å². The van der Waals surface area contributed by atoms with E-state index < -0.39 is 5.97 Å². The number of methoxy groups -OCH3 is 1. The van der Waals surface area contributed by atoms with E-state index in [1.54, 1.807) is 29.4 Å². The Balaban J connectivity index is 1.85. The van der Waals surface area contributed by atoms with Gasteiger partial charge in [-0.1, -0.05) is 0 Å². The van der Waals surface area contributed by atoms with Crippen LogP contribution in [0.2, 0.25) is 0 Å². The minimum atomic E-state index is -0.482. The average molecular weight is 387 g/mol. The molecule has 0 spiro atoms. The molecule has 1 aliphatic rings. The van der Waals surface area contributed by atoms with Gasteiger partial charge in [0.15, 0.2) is 5.82 Å². The molecule has 9 heteroatoms. The number of esters is 1. The summed E-state index contributed by atoms with van der Waals surface area (Å²) in [4.78, 5) is 26.6. The zero-order valence-electron chi connectivity index (χ0n) is 16.5. The van der Waals surface area contributed by atoms with Gasteiger partial charge >= 0.3 is 12.0 Å². The van der Waals surface area contributed by atoms with Crippen LogP contribution in [0.1, 0.15) is 48.9 Å². The van der Waals surface area contributed by atoms with E-state index in [2.05, 4.69) is 15.5 Å². The topological polar surface area (TPSA) is 98.6 Å². The minimum absolute atomic E-state index is 0.0854. The first-order chi connectivity index (χ1) is 13.4. The van der Waals surface area contributed by atoms with E-state index in [0.29, 0.717) is 23.5 Å². The van der Waals surface area contributed by atoms with Crippen molar-refractivity contribution in [3.05, 3.63) is 35.9 Å². The molecule has 9 nitrogen and oxygen atoms in total. The second kappa shape index (κ2) is 8.28. The molecule has 150 valence electrons. The number of likely N-dealkylation sites (tertiary alicyclic amines) is 1. The average Bonchev–Trinajstić information content (AvgIpc) is 3.30. The van der Waals surface area contributed by atoms with E-state index in [-0.39, 0.29) is 18.2 Å². The molecule has 0 aliphatic carbocycles. The van der Waals surface area contributed by atoms with Gasteiger partial charge in [0.1, 0.15) is 12.1 Å². The van der Waals surface area contributed by atoms with Crippen molar-refractivity contribution in [3.63, 3.8) is 0 Å². The van der Waals surface area contributed by atoms with Crippen molar-refractivity contribution in [3.8, 4) is 5.75 Å². The molecule has 1 N–H and O–H groups in total. The molecule has 3 rings (SSSR count). The number of anilines is 1. The first-order valence-electron chi connectivity index (χ1n) is 9.21. The molecule has 1 fully saturated rings. The molecular formula is C19H25N5O4. The van der Waals surface area contributed by atoms with Gasteiger partial charge in [-0.05, 0) is 44.9 Å². The molecule has 0 radical (unpaired) electrons. The molecule has 0 unspecified atom stereocenters. The van der Waals surface area contributed by atoms with Crippen LogP contribution in [0.25, 0.3) is 0 Å². The third-order valence-electron chi connectivity index (χ3n) is 4.56. The standard InChI is InChI=1S/C19H25N5O4/c1-12(2)28-16-8-7-13(18(25)27-4)10-14(16)21-19(26)24-9-5-6-15(24)17-22-20-11-23(17)3/h7-8,10-12,15H,5-6,9H2,1-4H3,(H,21,26)/t15-/m0/s1. The summed E-state index contributed by atoms with van der Waals surface area (Å²) in [5, 5.41) is 10.9. The summed E-state index contributed by atoms with van der Waals surface area (Å²) in [6.45, 7) is 4.40. The number of amides is 2. The number of carbonyl (C=O) groups is 2. The molecule has 1 aromatic heterocycles. The Morgan fingerprint density at radius 3 is 2.75 bits per heavy atom. The SMILES string of the molecule is COC(=O)c1ccc(OC(C)C)c(NC(=O)N2CCC[C@H]2c2nncn2C)c1. The van der Waals surface area contributed by atoms with Crippen LogP contribution in [0.5, 0.6) is 5.75 Å². The van der Waals surface area contributed by atoms with Crippen LogP contribution in [0, 0.1) is 0 Å². The third-order valence-corrected chi connectivity index (χ3v) is 4.56. The number of nitrogens with one attached hydrogen (secondary N) is 1. The smallest absolute Gasteiger partial charge is 0.337 e. The summed E-state index contributed by atoms with van der Waals surface area (Å²) in [5.74, 6) is 0.754. The Kier molecular flexibility index (Phi) is 5.81. The first-order valence-corrected chi connectivity index (χ1v) is 9.21. The maximum absolute atomic E-state index is 13.0. The van der Waals surface area contributed by atoms with Crippen molar-refractivity contribution < 1.29 is 19.1 Å². The van der Waals surface area contributed by atoms with E-state index in [0.717, 1.165) is 18.7 Å². The summed E-state index contributed by atoms with van der Waals surface area (Å²) in [7, 11) is 3.17. The Bertz CT molecular complexity index is 864. The summed E-state index contributed by atoms with van der Waals surface area (Å²) < 4.78 is 12.4. The third kappa shape index (κ3) is 4.08. The number of rotatable bonds is 5. The lowest BCUT2D eigenvalue weighted by Crippen LogP contribution is -2.35. The predicted molar refractivity (Wildman–Crippen MR) is 102 cm³/mol. The van der Waals surface area contributed by atoms with Gasteiger partial charge in [0.25, 0.3) is 0 Å². The zero-order chi connectivity index (χ0) is 20.3. The van der Waals surface area contributed by atoms with Gasteiger partial charge in [0, 0.05) is 13.6 Å². The van der Waals surface area contributed by atoms with Crippen LogP contribution in [0.15, 0.2) is 24.5 Å². The number of aryl methyl sites for hydroxylation is 1. The van der Waals surface area contributed by atoms with Gasteiger partial charge in [-0.15, -0.1) is 10.2 Å². The fraction of sp³-hybridized carbons (Fsp3) is 0.474. The Hall–Kier alpha value is -3.10. The lowest BCUT2D eigenvalue weighted by Gasteiger charge is -2.25. The summed E-state index contributed by atoms with van der Waals surface area (Å²) in [6.07, 6.45) is 3.23. The van der Waals surface area contributed by atoms with Gasteiger partial charge in [0.05, 0.1) is 30.5 Å². The van der Waals surface area contributed by atoms with E-state index in [1.807, 2.05) is 25.5 Å². The van der Waals surface area contributed by atoms with Crippen LogP contribution in [0.4, 0.5) is 10.5 Å². The highest BCUT2D eigenvalue weighted by Crippen LogP contribution is 2.33. The van der Waals surface area contributed by atoms with E-state index >= 15 is 0 Å². The second-order valence-electron chi connectivity index (χ2n) is 6.95. The van der Waals surface area contributed by atoms with Gasteiger partial charge in [-0.3, -0.25) is 0 Å². The number of nitrogens with zero attached hydrogens (tertiary/aromatic N) is 4. The van der Waals surface area contributed by atoms with Crippen molar-refractivity contribution in [2.45, 2.75) is 38.8 Å². The Labute approximate surface area is 163 Å². The normalized spacial score (nSPS) is 16.3. The lowest BCUT2D eigenvalue weighted by molar-refractivity contribution is 0.0600. The summed E-state index contributed by atoms with van der Waals surface area (Å²) in [6, 6.07) is 4.41. The number of urea groups is 1. The summed E-state index contributed by atoms with van der Waals surface area (Å²) in [5.41, 5.74) is 0.755. The number of benzene rings is 1. The monoisotopic (exact) mass is 387 g/mol. The minimum Gasteiger partial charge on any atom is -0.489 e. The van der Waals surface area contributed by atoms with E-state index in [1.165, 1.54) is 7.11 Å². The van der Waals surface area contributed by atoms with Gasteiger partial charge in [-0.25, -0.2) is 9.59 Å². The lowest BCUT2D eigenvalue weighted by atomic mass is 10.2. The number of carbonyl (C=O) groups excluding carboxylic acids is 2. The molecule has 28 heavy (non-hydrogen) atoms. The van der Waals surface area contributed by atoms with Crippen molar-refractivity contribution in [1.82, 2.24) is 19.7 Å². The second-order valence-corrected chi connectivity index (χ2v) is 6.95. The maximum atomic E-state index is 13.0. The van der Waals surface area contributed by atoms with Gasteiger partial charge in [-0.2, -0.15) is 0 Å². The Morgan fingerprint density at radius 2 is 2.11 bits per heavy atom. The predicted octanol–water partition coefficient (Wildman–Crippen LogP) is 2.76. The van der Waals surface area contributed by atoms with Crippen LogP contribution in [-0.2, 0) is 11.8 Å². The molecule has 0 saturated carbocycles. The van der Waals surface area contributed by atoms with Crippen LogP contribution < -0.4 is 10.1 Å². The molecular weight excluding hydrogens is 362 g/mol. The molecule has 1 aromatic carbocycles. The highest BCUT2D eigenvalue weighted by molar-refractivity contribution is 5.95. The van der Waals surface area contributed by atoms with Crippen LogP contribution >= 0.6 is 0 Å². The van der Waals surface area contributed by atoms with E-state index in [9.17, 15) is 9.59 Å². The molecule has 2 heterocycles. The molecule has 0 bridgehead atoms. The Morgan fingerprint density at radius 1 is 1.32 bits per heavy atom. The first kappa shape index (κ1) is 19.7. The fourth-order valence-electron chi connectivity index (χ4n) is 3.29. The molecule has 2 aromatic rings. The largest absolute Gasteiger partial charge is 0.489 e. The van der Waals surface area contributed by atoms with Crippen molar-refractivity contribution >= 4 is 17.7 Å². The highest BCUT2D eigenvalue weighted by Gasteiger charge is 2.33. The molecule has 1 atom stereocenters. The van der Waals surface area contributed by atoms with Crippen molar-refractivity contribution in [2.75, 3.05) is 19.0 Å².